The van der Waals surface area contributed by atoms with Crippen molar-refractivity contribution in [3.05, 3.63) is 219 Å². The second-order valence-electron chi connectivity index (χ2n) is 27.5. The van der Waals surface area contributed by atoms with Gasteiger partial charge in [-0.2, -0.15) is 0 Å². The zero-order valence-electron chi connectivity index (χ0n) is 59.5. The van der Waals surface area contributed by atoms with E-state index in [2.05, 4.69) is 47.5 Å². The van der Waals surface area contributed by atoms with Crippen LogP contribution in [0.1, 0.15) is 87.9 Å². The highest BCUT2D eigenvalue weighted by Crippen LogP contribution is 2.49. The molecule has 0 unspecified atom stereocenters. The number of hydrogen-bond donors (Lipinski definition) is 17. The third-order valence-corrected chi connectivity index (χ3v) is 20.4. The fourth-order valence-electron chi connectivity index (χ4n) is 14.3. The number of amides is 7. The topological polar surface area (TPSA) is 509 Å². The number of phenolic OH excluding ortho intramolecular Hbond substituents is 6. The number of carbonyl (C=O) groups is 8. The van der Waals surface area contributed by atoms with Gasteiger partial charge in [0.15, 0.2) is 41.4 Å². The standard InChI is InChI=1S/C79H66Cl2N10O24/c1-32(93)82-65-70(101)69(100)59(30-92)114-79(65)115-71-37-12-16-55(48(81)22-37)113-58-25-39-24-57(68(58)99)112-54-15-9-33(17-47(54)80)18-49-72(102)84-62(74(104)86-63(39)75(105)85-61-35-10-13-50(96)45(21-35)60-46(27-42(95)28-52(60)98)64(78(108)109)87-76(106)66(71)88-73(61)103)38-19-41(94)26-43(20-38)111-56-23-36(11-14-51(56)97)67(77(107)83-49)91-29-40(89-90-91)31-110-53-8-4-6-34-5-2-3-7-44(34)53/h2-17,19-29,49,59,61-67,69-71,79,92,94-101H,18,30-31H2,1H3,(H,82,93)(H,83,107)(H,84,102)(H,85,105)(H,86,104)(H,87,106)(H,88,103)(H,108,109)/t49-,59-,61-,62+,63-,64-,65-,66+,67-,69-,70-,71-,79+/m1/s1. The Labute approximate surface area is 658 Å². The molecule has 34 nitrogen and oxygen atoms in total. The number of aliphatic hydroxyl groups excluding tert-OH is 3. The zero-order valence-corrected chi connectivity index (χ0v) is 61.0. The lowest BCUT2D eigenvalue weighted by Crippen LogP contribution is -2.65. The van der Waals surface area contributed by atoms with Crippen LogP contribution in [-0.4, -0.2) is 163 Å². The number of aromatic hydroxyl groups is 6. The summed E-state index contributed by atoms with van der Waals surface area (Å²) in [6.45, 7) is -0.137. The minimum Gasteiger partial charge on any atom is -0.508 e. The van der Waals surface area contributed by atoms with E-state index < -0.39 is 213 Å². The molecule has 7 aliphatic rings. The van der Waals surface area contributed by atoms with Crippen LogP contribution in [-0.2, 0) is 60.9 Å². The summed E-state index contributed by atoms with van der Waals surface area (Å²) in [4.78, 5) is 122. The monoisotopic (exact) mass is 1610 g/mol. The molecule has 7 amide bonds. The second-order valence-corrected chi connectivity index (χ2v) is 28.3. The molecule has 17 N–H and O–H groups in total. The van der Waals surface area contributed by atoms with E-state index in [9.17, 15) is 60.7 Å². The minimum absolute atomic E-state index is 0.102. The summed E-state index contributed by atoms with van der Waals surface area (Å²) in [6.07, 6.45) is -8.91. The van der Waals surface area contributed by atoms with Gasteiger partial charge in [0.25, 0.3) is 0 Å². The van der Waals surface area contributed by atoms with Crippen LogP contribution in [0.25, 0.3) is 21.9 Å². The summed E-state index contributed by atoms with van der Waals surface area (Å²) in [6, 6.07) is 17.9. The summed E-state index contributed by atoms with van der Waals surface area (Å²) >= 11 is 14.2. The van der Waals surface area contributed by atoms with Gasteiger partial charge in [0.05, 0.1) is 22.8 Å². The van der Waals surface area contributed by atoms with Crippen LogP contribution in [0.15, 0.2) is 164 Å². The van der Waals surface area contributed by atoms with Gasteiger partial charge in [0.1, 0.15) is 119 Å². The number of halogens is 2. The Balaban J connectivity index is 0.895. The molecular formula is C79H66Cl2N10O24. The zero-order chi connectivity index (χ0) is 81.1. The van der Waals surface area contributed by atoms with E-state index in [1.165, 1.54) is 59.4 Å². The molecule has 0 aliphatic carbocycles. The van der Waals surface area contributed by atoms with Crippen molar-refractivity contribution in [3.63, 3.8) is 0 Å². The van der Waals surface area contributed by atoms with Gasteiger partial charge >= 0.3 is 5.97 Å². The number of carbonyl (C=O) groups excluding carboxylic acids is 7. The molecule has 1 fully saturated rings. The molecule has 8 heterocycles. The number of benzene rings is 9. The summed E-state index contributed by atoms with van der Waals surface area (Å²) in [5.41, 5.74) is -2.48. The Hall–Kier alpha value is -13.5. The average molecular weight is 1610 g/mol. The van der Waals surface area contributed by atoms with Crippen molar-refractivity contribution in [1.29, 1.82) is 0 Å². The Morgan fingerprint density at radius 1 is 0.591 bits per heavy atom. The molecule has 1 aromatic heterocycles. The van der Waals surface area contributed by atoms with E-state index >= 15 is 28.8 Å². The maximum Gasteiger partial charge on any atom is 0.330 e. The van der Waals surface area contributed by atoms with Crippen LogP contribution in [0.5, 0.6) is 74.7 Å². The molecule has 36 heteroatoms. The van der Waals surface area contributed by atoms with Crippen molar-refractivity contribution in [1.82, 2.24) is 52.2 Å². The van der Waals surface area contributed by atoms with E-state index in [-0.39, 0.29) is 68.1 Å². The lowest BCUT2D eigenvalue weighted by atomic mass is 9.89. The van der Waals surface area contributed by atoms with Crippen LogP contribution in [0.4, 0.5) is 0 Å². The molecule has 0 radical (unpaired) electrons. The van der Waals surface area contributed by atoms with E-state index in [4.69, 9.17) is 51.6 Å². The molecule has 17 rings (SSSR count). The first kappa shape index (κ1) is 76.9. The van der Waals surface area contributed by atoms with Gasteiger partial charge in [-0.25, -0.2) is 9.48 Å². The van der Waals surface area contributed by atoms with E-state index in [1.807, 2.05) is 36.4 Å². The third kappa shape index (κ3) is 15.4. The first-order valence-electron chi connectivity index (χ1n) is 35.3. The molecule has 10 aromatic rings. The van der Waals surface area contributed by atoms with Gasteiger partial charge in [0, 0.05) is 47.6 Å². The maximum absolute atomic E-state index is 16.4. The van der Waals surface area contributed by atoms with Crippen molar-refractivity contribution < 1.29 is 118 Å². The Kier molecular flexibility index (Phi) is 20.9. The van der Waals surface area contributed by atoms with Gasteiger partial charge in [-0.15, -0.1) is 5.10 Å². The van der Waals surface area contributed by atoms with Gasteiger partial charge in [-0.1, -0.05) is 89.1 Å². The molecule has 7 aliphatic heterocycles. The molecule has 9 aromatic carbocycles. The van der Waals surface area contributed by atoms with Crippen molar-refractivity contribution in [2.45, 2.75) is 99.0 Å². The first-order valence-corrected chi connectivity index (χ1v) is 36.0. The minimum atomic E-state index is -2.41. The lowest BCUT2D eigenvalue weighted by Gasteiger charge is -2.44. The highest BCUT2D eigenvalue weighted by Gasteiger charge is 2.49. The number of nitrogens with one attached hydrogen (secondary N) is 7. The van der Waals surface area contributed by atoms with Crippen molar-refractivity contribution >= 4 is 81.3 Å². The van der Waals surface area contributed by atoms with Crippen LogP contribution >= 0.6 is 23.2 Å². The number of aliphatic hydroxyl groups is 3. The van der Waals surface area contributed by atoms with Gasteiger partial charge in [-0.05, 0) is 124 Å². The predicted octanol–water partition coefficient (Wildman–Crippen LogP) is 5.87. The number of ether oxygens (including phenoxy) is 6. The van der Waals surface area contributed by atoms with Crippen LogP contribution in [0, 0.1) is 0 Å². The number of fused-ring (bicyclic) bond motifs is 15. The number of carboxylic acids is 1. The molecule has 13 atom stereocenters. The molecule has 17 bridgehead atoms. The number of hydrogen-bond acceptors (Lipinski definition) is 25. The molecule has 0 saturated carbocycles. The summed E-state index contributed by atoms with van der Waals surface area (Å²) in [5, 5.41) is 142. The number of aliphatic carboxylic acids is 1. The molecule has 115 heavy (non-hydrogen) atoms. The van der Waals surface area contributed by atoms with Gasteiger partial charge in [0.2, 0.25) is 47.1 Å². The van der Waals surface area contributed by atoms with Crippen LogP contribution in [0.3, 0.4) is 0 Å². The number of rotatable bonds is 9. The number of nitrogens with zero attached hydrogens (tertiary/aromatic N) is 3. The maximum atomic E-state index is 16.4. The molecule has 1 saturated heterocycles. The normalized spacial score (nSPS) is 23.3. The van der Waals surface area contributed by atoms with Crippen LogP contribution < -0.4 is 56.2 Å². The largest absolute Gasteiger partial charge is 0.508 e. The fourth-order valence-corrected chi connectivity index (χ4v) is 14.8. The second kappa shape index (κ2) is 31.2. The van der Waals surface area contributed by atoms with E-state index in [1.54, 1.807) is 6.07 Å². The van der Waals surface area contributed by atoms with E-state index in [0.717, 1.165) is 84.4 Å². The summed E-state index contributed by atoms with van der Waals surface area (Å²) < 4.78 is 39.0. The molecular weight excluding hydrogens is 1540 g/mol. The highest BCUT2D eigenvalue weighted by molar-refractivity contribution is 6.32. The van der Waals surface area contributed by atoms with Crippen LogP contribution in [0.2, 0.25) is 10.0 Å². The Bertz CT molecular complexity index is 5650. The molecule has 0 spiro atoms. The summed E-state index contributed by atoms with van der Waals surface area (Å²) in [7, 11) is 0. The van der Waals surface area contributed by atoms with Crippen molar-refractivity contribution in [2.24, 2.45) is 0 Å². The highest BCUT2D eigenvalue weighted by atomic mass is 35.5. The van der Waals surface area contributed by atoms with Crippen molar-refractivity contribution in [2.75, 3.05) is 6.61 Å². The van der Waals surface area contributed by atoms with Gasteiger partial charge in [-0.3, -0.25) is 33.6 Å². The summed E-state index contributed by atoms with van der Waals surface area (Å²) in [5.74, 6) is -16.8. The predicted molar refractivity (Wildman–Crippen MR) is 399 cm³/mol. The lowest BCUT2D eigenvalue weighted by molar-refractivity contribution is -0.284. The Morgan fingerprint density at radius 2 is 1.23 bits per heavy atom. The average Bonchev–Trinajstić information content (AvgIpc) is 1.50. The first-order chi connectivity index (χ1) is 55.1. The van der Waals surface area contributed by atoms with E-state index in [0.29, 0.717) is 5.75 Å². The number of carboxylic acid groups (broad SMARTS) is 1. The Morgan fingerprint density at radius 3 is 1.95 bits per heavy atom. The fraction of sp³-hybridized carbons (Fsp3) is 0.215. The van der Waals surface area contributed by atoms with Crippen molar-refractivity contribution in [3.8, 4) is 85.9 Å². The smallest absolute Gasteiger partial charge is 0.330 e. The molecule has 590 valence electrons. The number of phenols is 6. The third-order valence-electron chi connectivity index (χ3n) is 19.8. The van der Waals surface area contributed by atoms with Gasteiger partial charge < -0.3 is 117 Å². The number of aromatic nitrogens is 3. The quantitative estimate of drug-likeness (QED) is 0.0803. The SMILES string of the molecule is CC(=O)N[C@H]1[C@H](O[C@@H]2c3ccc(c(Cl)c3)Oc3cc4cc(c3O)Oc3ccc(cc3Cl)C[C@H]3NC(=O)[C@H](n5cc(COc6cccc7ccccc67)nn5)c5ccc(O)c(c5)Oc5cc(O)cc(c5)[C@H](NC3=O)C(=O)N[C@H]4C(=O)N[C@H]3C(=O)N[C@@H]2C(=O)N[C@@H](C(=O)O)c2cc(O)cc(O)c2-c2cc3ccc2O)O[C@H](CO)[C@@H](O)[C@@H]1O.